The van der Waals surface area contributed by atoms with Crippen molar-refractivity contribution in [1.82, 2.24) is 3.97 Å². The monoisotopic (exact) mass is 685 g/mol. The number of fused-ring (bicyclic) bond motifs is 1. The van der Waals surface area contributed by atoms with Gasteiger partial charge in [-0.05, 0) is 45.6 Å². The van der Waals surface area contributed by atoms with Crippen molar-refractivity contribution in [3.63, 3.8) is 0 Å². The molecule has 1 fully saturated rings. The van der Waals surface area contributed by atoms with Crippen molar-refractivity contribution in [1.29, 1.82) is 0 Å². The van der Waals surface area contributed by atoms with Crippen LogP contribution in [0.5, 0.6) is 0 Å². The molecule has 10 heteroatoms. The molecular weight excluding hydrogens is 643 g/mol. The third-order valence-corrected chi connectivity index (χ3v) is 15.8. The molecule has 8 nitrogen and oxygen atoms in total. The number of aliphatic hydroxyl groups is 2. The van der Waals surface area contributed by atoms with Crippen LogP contribution in [0.15, 0.2) is 126 Å². The van der Waals surface area contributed by atoms with Gasteiger partial charge in [0.2, 0.25) is 0 Å². The van der Waals surface area contributed by atoms with Gasteiger partial charge in [0.25, 0.3) is 18.3 Å². The summed E-state index contributed by atoms with van der Waals surface area (Å²) in [6, 6.07) is 36.2. The van der Waals surface area contributed by atoms with Crippen molar-refractivity contribution in [2.75, 3.05) is 13.2 Å². The van der Waals surface area contributed by atoms with Crippen LogP contribution in [-0.4, -0.2) is 68.7 Å². The molecule has 1 aliphatic rings. The fraction of sp³-hybridized carbons (Fsp3) is 0.316. The summed E-state index contributed by atoms with van der Waals surface area (Å²) in [6.45, 7) is 6.85. The normalized spacial score (nSPS) is 20.6. The zero-order chi connectivity index (χ0) is 33.9. The maximum absolute atomic E-state index is 13.5. The predicted molar refractivity (Wildman–Crippen MR) is 189 cm³/mol. The quantitative estimate of drug-likeness (QED) is 0.192. The topological polar surface area (TPSA) is 107 Å². The molecule has 1 aliphatic heterocycles. The average Bonchev–Trinajstić information content (AvgIpc) is 3.47. The lowest BCUT2D eigenvalue weighted by Gasteiger charge is -2.45. The lowest BCUT2D eigenvalue weighted by atomic mass is 10.0. The molecule has 0 amide bonds. The largest absolute Gasteiger partial charge is 0.405 e. The predicted octanol–water partition coefficient (Wildman–Crippen LogP) is 4.85. The molecule has 0 bridgehead atoms. The maximum Gasteiger partial charge on any atom is 0.268 e. The molecule has 252 valence electrons. The van der Waals surface area contributed by atoms with Gasteiger partial charge < -0.3 is 24.1 Å². The zero-order valence-electron chi connectivity index (χ0n) is 27.5. The second-order valence-electron chi connectivity index (χ2n) is 13.3. The first kappa shape index (κ1) is 34.3. The van der Waals surface area contributed by atoms with E-state index in [2.05, 4.69) is 45.0 Å². The number of ether oxygens (including phenoxy) is 2. The molecule has 2 N–H and O–H groups in total. The van der Waals surface area contributed by atoms with Crippen molar-refractivity contribution in [2.24, 2.45) is 0 Å². The third kappa shape index (κ3) is 6.66. The first-order valence-electron chi connectivity index (χ1n) is 16.3. The number of benzene rings is 4. The van der Waals surface area contributed by atoms with Crippen LogP contribution in [0, 0.1) is 0 Å². The van der Waals surface area contributed by atoms with Gasteiger partial charge in [-0.15, -0.1) is 0 Å². The van der Waals surface area contributed by atoms with Gasteiger partial charge >= 0.3 is 0 Å². The van der Waals surface area contributed by atoms with Gasteiger partial charge in [-0.25, -0.2) is 12.4 Å². The van der Waals surface area contributed by atoms with E-state index in [1.807, 2.05) is 54.6 Å². The summed E-state index contributed by atoms with van der Waals surface area (Å²) in [5.41, 5.74) is 1.37. The Hall–Kier alpha value is -3.61. The fourth-order valence-electron chi connectivity index (χ4n) is 6.74. The molecule has 0 spiro atoms. The number of nitrogens with zero attached hydrogens (tertiary/aromatic N) is 1. The van der Waals surface area contributed by atoms with E-state index in [1.165, 1.54) is 3.97 Å². The van der Waals surface area contributed by atoms with Crippen LogP contribution >= 0.6 is 0 Å². The van der Waals surface area contributed by atoms with E-state index in [-0.39, 0.29) is 29.6 Å². The zero-order valence-corrected chi connectivity index (χ0v) is 29.3. The van der Waals surface area contributed by atoms with E-state index in [1.54, 1.807) is 42.6 Å². The van der Waals surface area contributed by atoms with Crippen molar-refractivity contribution in [3.8, 4) is 0 Å². The minimum absolute atomic E-state index is 0.0774. The Morgan fingerprint density at radius 1 is 0.812 bits per heavy atom. The van der Waals surface area contributed by atoms with Crippen molar-refractivity contribution >= 4 is 39.6 Å². The molecule has 4 aromatic carbocycles. The molecule has 6 rings (SSSR count). The first-order valence-corrected chi connectivity index (χ1v) is 19.6. The van der Waals surface area contributed by atoms with Crippen LogP contribution in [0.1, 0.15) is 32.8 Å². The molecule has 48 heavy (non-hydrogen) atoms. The highest BCUT2D eigenvalue weighted by atomic mass is 32.2. The highest BCUT2D eigenvalue weighted by Gasteiger charge is 2.51. The van der Waals surface area contributed by atoms with Crippen molar-refractivity contribution in [2.45, 2.75) is 68.1 Å². The summed E-state index contributed by atoms with van der Waals surface area (Å²) in [7, 11) is -6.69. The molecular formula is C38H43NO7SSi. The Kier molecular flexibility index (Phi) is 10.1. The van der Waals surface area contributed by atoms with E-state index in [0.29, 0.717) is 11.9 Å². The highest BCUT2D eigenvalue weighted by molar-refractivity contribution is 7.90. The minimum atomic E-state index is -3.81. The number of rotatable bonds is 11. The van der Waals surface area contributed by atoms with E-state index in [4.69, 9.17) is 13.9 Å². The minimum Gasteiger partial charge on any atom is -0.405 e. The summed E-state index contributed by atoms with van der Waals surface area (Å²) in [5.74, 6) is 0. The Morgan fingerprint density at radius 3 is 1.98 bits per heavy atom. The molecule has 1 saturated heterocycles. The Labute approximate surface area is 283 Å². The van der Waals surface area contributed by atoms with Gasteiger partial charge in [0.1, 0.15) is 12.2 Å². The van der Waals surface area contributed by atoms with Gasteiger partial charge in [0, 0.05) is 18.0 Å². The molecule has 4 atom stereocenters. The second kappa shape index (κ2) is 14.1. The van der Waals surface area contributed by atoms with Crippen LogP contribution < -0.4 is 10.4 Å². The van der Waals surface area contributed by atoms with Crippen LogP contribution in [0.2, 0.25) is 5.04 Å². The molecule has 0 saturated carbocycles. The standard InChI is InChI=1S/C38H43NO7SSi/c1-38(2,3)48(30-17-9-5-10-18-30,31-19-11-6-12-20-31)45-27-36-34(40)25-35(41)37(46-36)44-24-23-28-26-39(33-22-14-13-21-32(28)33)47(42,43)29-15-7-4-8-16-29/h4-22,26,34-37,40-41H,23-25,27H2,1-3H3/t34-,35+,36+,37-/m0/s1. The summed E-state index contributed by atoms with van der Waals surface area (Å²) in [5, 5.41) is 24.7. The summed E-state index contributed by atoms with van der Waals surface area (Å²) >= 11 is 0. The van der Waals surface area contributed by atoms with Gasteiger partial charge in [-0.3, -0.25) is 0 Å². The summed E-state index contributed by atoms with van der Waals surface area (Å²) in [4.78, 5) is 0.206. The van der Waals surface area contributed by atoms with Gasteiger partial charge in [-0.2, -0.15) is 0 Å². The third-order valence-electron chi connectivity index (χ3n) is 9.13. The second-order valence-corrected chi connectivity index (χ2v) is 19.4. The molecule has 2 heterocycles. The van der Waals surface area contributed by atoms with Gasteiger partial charge in [0.15, 0.2) is 6.29 Å². The molecule has 5 aromatic rings. The van der Waals surface area contributed by atoms with Crippen LogP contribution in [0.3, 0.4) is 0 Å². The first-order chi connectivity index (χ1) is 23.0. The van der Waals surface area contributed by atoms with E-state index >= 15 is 0 Å². The van der Waals surface area contributed by atoms with Crippen LogP contribution in [0.25, 0.3) is 10.9 Å². The van der Waals surface area contributed by atoms with Gasteiger partial charge in [0.05, 0.1) is 29.7 Å². The number of hydrogen-bond donors (Lipinski definition) is 2. The Balaban J connectivity index is 1.19. The highest BCUT2D eigenvalue weighted by Crippen LogP contribution is 2.37. The van der Waals surface area contributed by atoms with Crippen LogP contribution in [-0.2, 0) is 30.3 Å². The molecule has 0 unspecified atom stereocenters. The number of aliphatic hydroxyl groups excluding tert-OH is 2. The molecule has 1 aromatic heterocycles. The van der Waals surface area contributed by atoms with E-state index < -0.39 is 42.9 Å². The summed E-state index contributed by atoms with van der Waals surface area (Å²) < 4.78 is 47.6. The van der Waals surface area contributed by atoms with Crippen molar-refractivity contribution in [3.05, 3.63) is 127 Å². The average molecular weight is 686 g/mol. The van der Waals surface area contributed by atoms with Gasteiger partial charge in [-0.1, -0.05) is 118 Å². The SMILES string of the molecule is CC(C)(C)[Si](OC[C@H]1O[C@H](OCCc2cn(S(=O)(=O)c3ccccc3)c3ccccc23)[C@H](O)C[C@@H]1O)(c1ccccc1)c1ccccc1. The van der Waals surface area contributed by atoms with E-state index in [0.717, 1.165) is 21.3 Å². The fourth-order valence-corrected chi connectivity index (χ4v) is 12.7. The van der Waals surface area contributed by atoms with E-state index in [9.17, 15) is 18.6 Å². The lowest BCUT2D eigenvalue weighted by molar-refractivity contribution is -0.268. The number of aromatic nitrogens is 1. The van der Waals surface area contributed by atoms with Crippen molar-refractivity contribution < 1.29 is 32.5 Å². The lowest BCUT2D eigenvalue weighted by Crippen LogP contribution is -2.67. The molecule has 0 radical (unpaired) electrons. The maximum atomic E-state index is 13.5. The number of para-hydroxylation sites is 1. The Bertz CT molecular complexity index is 1870. The number of hydrogen-bond acceptors (Lipinski definition) is 7. The summed E-state index contributed by atoms with van der Waals surface area (Å²) in [6.07, 6.45) is -1.59. The smallest absolute Gasteiger partial charge is 0.268 e. The molecule has 0 aliphatic carbocycles. The Morgan fingerprint density at radius 2 is 1.38 bits per heavy atom. The van der Waals surface area contributed by atoms with Crippen LogP contribution in [0.4, 0.5) is 0 Å².